The summed E-state index contributed by atoms with van der Waals surface area (Å²) in [6.07, 6.45) is 5.82. The standard InChI is InChI=1S/C22H22FN6O2S.ClH/c23-9-15(10-24)11-28-22(30)27(13-25-28)12-19-6-7-20(32-19)17-2-1-3-18(8-17)29-14-31-21(26-29)16-4-5-16;/h1-3,6-9,13-14,16H,4-5,10-12,24H2;1H/q+1;/b15-9+;. The number of thiophene rings is 1. The number of rotatable bonds is 8. The van der Waals surface area contributed by atoms with Gasteiger partial charge in [-0.05, 0) is 40.8 Å². The fourth-order valence-corrected chi connectivity index (χ4v) is 4.40. The summed E-state index contributed by atoms with van der Waals surface area (Å²) in [5.41, 5.74) is 7.47. The van der Waals surface area contributed by atoms with Crippen molar-refractivity contribution in [3.63, 3.8) is 0 Å². The number of nitrogens with zero attached hydrogens (tertiary/aromatic N) is 5. The molecule has 0 spiro atoms. The molecule has 0 atom stereocenters. The van der Waals surface area contributed by atoms with Gasteiger partial charge in [0.2, 0.25) is 5.69 Å². The average molecular weight is 490 g/mol. The van der Waals surface area contributed by atoms with Crippen LogP contribution in [0.15, 0.2) is 70.2 Å². The monoisotopic (exact) mass is 489 g/mol. The molecule has 0 saturated heterocycles. The molecule has 5 rings (SSSR count). The van der Waals surface area contributed by atoms with Crippen LogP contribution in [-0.4, -0.2) is 26.0 Å². The second-order valence-corrected chi connectivity index (χ2v) is 8.94. The maximum atomic E-state index is 12.8. The third kappa shape index (κ3) is 4.97. The lowest BCUT2D eigenvalue weighted by Crippen LogP contribution is -2.31. The average Bonchev–Trinajstić information content (AvgIpc) is 3.21. The molecule has 1 saturated carbocycles. The van der Waals surface area contributed by atoms with Gasteiger partial charge in [0, 0.05) is 39.4 Å². The molecule has 1 aliphatic rings. The molecule has 3 aromatic heterocycles. The van der Waals surface area contributed by atoms with E-state index in [1.54, 1.807) is 22.4 Å². The molecule has 33 heavy (non-hydrogen) atoms. The molecule has 2 N–H and O–H groups in total. The minimum Gasteiger partial charge on any atom is -0.387 e. The van der Waals surface area contributed by atoms with Crippen LogP contribution < -0.4 is 16.1 Å². The van der Waals surface area contributed by atoms with Gasteiger partial charge in [0.25, 0.3) is 5.89 Å². The van der Waals surface area contributed by atoms with Crippen molar-refractivity contribution >= 4 is 23.7 Å². The van der Waals surface area contributed by atoms with Gasteiger partial charge in [-0.25, -0.2) is 13.9 Å². The smallest absolute Gasteiger partial charge is 0.368 e. The van der Waals surface area contributed by atoms with Gasteiger partial charge >= 0.3 is 12.1 Å². The Morgan fingerprint density at radius 2 is 2.18 bits per heavy atom. The first-order valence-corrected chi connectivity index (χ1v) is 11.1. The van der Waals surface area contributed by atoms with Crippen molar-refractivity contribution in [3.05, 3.63) is 82.3 Å². The van der Waals surface area contributed by atoms with Crippen LogP contribution in [-0.2, 0) is 13.1 Å². The molecule has 1 fully saturated rings. The van der Waals surface area contributed by atoms with Crippen LogP contribution in [0.1, 0.15) is 29.5 Å². The van der Waals surface area contributed by atoms with Crippen LogP contribution in [0.4, 0.5) is 4.39 Å². The van der Waals surface area contributed by atoms with E-state index in [4.69, 9.17) is 10.2 Å². The zero-order valence-electron chi connectivity index (χ0n) is 17.6. The molecule has 4 aromatic rings. The zero-order valence-corrected chi connectivity index (χ0v) is 19.3. The summed E-state index contributed by atoms with van der Waals surface area (Å²) in [4.78, 5) is 14.6. The van der Waals surface area contributed by atoms with Crippen molar-refractivity contribution in [2.24, 2.45) is 5.73 Å². The highest BCUT2D eigenvalue weighted by Gasteiger charge is 2.32. The van der Waals surface area contributed by atoms with Gasteiger partial charge in [-0.1, -0.05) is 12.1 Å². The van der Waals surface area contributed by atoms with Crippen molar-refractivity contribution in [2.75, 3.05) is 6.54 Å². The maximum absolute atomic E-state index is 12.8. The fourth-order valence-electron chi connectivity index (χ4n) is 3.40. The van der Waals surface area contributed by atoms with Gasteiger partial charge in [0.05, 0.1) is 19.4 Å². The van der Waals surface area contributed by atoms with Crippen LogP contribution in [0.25, 0.3) is 16.1 Å². The maximum Gasteiger partial charge on any atom is 0.368 e. The first-order chi connectivity index (χ1) is 15.6. The van der Waals surface area contributed by atoms with Gasteiger partial charge in [0.15, 0.2) is 0 Å². The number of nitrogens with two attached hydrogens (primary N) is 1. The Bertz CT molecular complexity index is 1340. The van der Waals surface area contributed by atoms with Crippen molar-refractivity contribution < 1.29 is 13.5 Å². The lowest BCUT2D eigenvalue weighted by atomic mass is 10.1. The summed E-state index contributed by atoms with van der Waals surface area (Å²) in [5, 5.41) is 8.62. The molecule has 0 aliphatic heterocycles. The van der Waals surface area contributed by atoms with Crippen LogP contribution in [0.3, 0.4) is 0 Å². The first-order valence-electron chi connectivity index (χ1n) is 10.3. The van der Waals surface area contributed by atoms with E-state index >= 15 is 0 Å². The second kappa shape index (κ2) is 9.82. The van der Waals surface area contributed by atoms with Gasteiger partial charge in [-0.2, -0.15) is 5.10 Å². The lowest BCUT2D eigenvalue weighted by Gasteiger charge is -2.01. The summed E-state index contributed by atoms with van der Waals surface area (Å²) in [5.74, 6) is 1.25. The Morgan fingerprint density at radius 1 is 1.33 bits per heavy atom. The van der Waals surface area contributed by atoms with E-state index in [1.165, 1.54) is 15.6 Å². The molecule has 1 aliphatic carbocycles. The summed E-state index contributed by atoms with van der Waals surface area (Å²) < 4.78 is 22.8. The molecule has 3 heterocycles. The minimum atomic E-state index is -0.302. The van der Waals surface area contributed by atoms with Gasteiger partial charge in [-0.15, -0.1) is 23.7 Å². The van der Waals surface area contributed by atoms with Crippen molar-refractivity contribution in [3.8, 4) is 16.1 Å². The largest absolute Gasteiger partial charge is 0.387 e. The normalized spacial score (nSPS) is 13.8. The predicted molar refractivity (Wildman–Crippen MR) is 124 cm³/mol. The Hall–Kier alpha value is -3.08. The fraction of sp³-hybridized carbons (Fsp3) is 0.273. The SMILES string of the molecule is Cl.NC/C(=C\F)Cn1ncn(Cc2ccc(-c3cccc(-[n+]4coc(C5CC5)n4)c3)s2)c1=O. The summed E-state index contributed by atoms with van der Waals surface area (Å²) in [6.45, 7) is 0.477. The quantitative estimate of drug-likeness (QED) is 0.383. The number of halogens is 2. The van der Waals surface area contributed by atoms with E-state index in [-0.39, 0.29) is 31.2 Å². The minimum absolute atomic E-state index is 0. The van der Waals surface area contributed by atoms with Crippen molar-refractivity contribution in [1.82, 2.24) is 19.4 Å². The Balaban J connectivity index is 0.00000259. The van der Waals surface area contributed by atoms with Gasteiger partial charge < -0.3 is 10.2 Å². The highest BCUT2D eigenvalue weighted by atomic mass is 35.5. The Kier molecular flexibility index (Phi) is 6.87. The summed E-state index contributed by atoms with van der Waals surface area (Å²) >= 11 is 1.60. The topological polar surface area (TPSA) is 95.8 Å². The highest BCUT2D eigenvalue weighted by molar-refractivity contribution is 7.15. The van der Waals surface area contributed by atoms with E-state index in [0.29, 0.717) is 24.4 Å². The van der Waals surface area contributed by atoms with E-state index in [2.05, 4.69) is 16.3 Å². The lowest BCUT2D eigenvalue weighted by molar-refractivity contribution is -0.660. The van der Waals surface area contributed by atoms with Crippen LogP contribution in [0, 0.1) is 0 Å². The van der Waals surface area contributed by atoms with E-state index in [0.717, 1.165) is 39.7 Å². The molecule has 8 nitrogen and oxygen atoms in total. The number of hydrogen-bond donors (Lipinski definition) is 1. The van der Waals surface area contributed by atoms with Gasteiger partial charge in [0.1, 0.15) is 6.33 Å². The van der Waals surface area contributed by atoms with E-state index in [1.807, 2.05) is 30.3 Å². The molecule has 0 unspecified atom stereocenters. The van der Waals surface area contributed by atoms with Gasteiger partial charge in [-0.3, -0.25) is 4.57 Å². The Labute approximate surface area is 199 Å². The molecule has 0 amide bonds. The number of hydrogen-bond acceptors (Lipinski definition) is 6. The molecule has 11 heteroatoms. The predicted octanol–water partition coefficient (Wildman–Crippen LogP) is 3.20. The molecule has 0 bridgehead atoms. The number of aromatic nitrogens is 5. The summed E-state index contributed by atoms with van der Waals surface area (Å²) in [7, 11) is 0. The van der Waals surface area contributed by atoms with E-state index < -0.39 is 0 Å². The molecular formula is C22H23ClFN6O2S+. The molecule has 172 valence electrons. The van der Waals surface area contributed by atoms with Crippen LogP contribution in [0.2, 0.25) is 0 Å². The summed E-state index contributed by atoms with van der Waals surface area (Å²) in [6, 6.07) is 12.1. The highest BCUT2D eigenvalue weighted by Crippen LogP contribution is 2.38. The Morgan fingerprint density at radius 3 is 2.94 bits per heavy atom. The number of benzene rings is 1. The first kappa shape index (κ1) is 23.1. The van der Waals surface area contributed by atoms with Crippen LogP contribution >= 0.6 is 23.7 Å². The van der Waals surface area contributed by atoms with E-state index in [9.17, 15) is 9.18 Å². The zero-order chi connectivity index (χ0) is 22.1. The molecule has 0 radical (unpaired) electrons. The second-order valence-electron chi connectivity index (χ2n) is 7.77. The molecule has 1 aromatic carbocycles. The third-order valence-electron chi connectivity index (χ3n) is 5.36. The third-order valence-corrected chi connectivity index (χ3v) is 6.47. The van der Waals surface area contributed by atoms with Crippen molar-refractivity contribution in [1.29, 1.82) is 0 Å². The van der Waals surface area contributed by atoms with Crippen LogP contribution in [0.5, 0.6) is 0 Å². The molecular weight excluding hydrogens is 467 g/mol. The van der Waals surface area contributed by atoms with Crippen molar-refractivity contribution in [2.45, 2.75) is 31.8 Å².